The van der Waals surface area contributed by atoms with Crippen LogP contribution in [0.3, 0.4) is 0 Å². The van der Waals surface area contributed by atoms with Crippen LogP contribution in [0.4, 0.5) is 0 Å². The number of aliphatic hydroxyl groups excluding tert-OH is 1. The van der Waals surface area contributed by atoms with Crippen LogP contribution in [-0.2, 0) is 0 Å². The van der Waals surface area contributed by atoms with Gasteiger partial charge < -0.3 is 10.4 Å². The van der Waals surface area contributed by atoms with Crippen LogP contribution in [0, 0.1) is 11.3 Å². The van der Waals surface area contributed by atoms with E-state index in [1.54, 1.807) is 0 Å². The Balaban J connectivity index is 2.66. The predicted octanol–water partition coefficient (Wildman–Crippen LogP) is 4.07. The summed E-state index contributed by atoms with van der Waals surface area (Å²) in [5.74, 6) is 0.848. The summed E-state index contributed by atoms with van der Waals surface area (Å²) in [7, 11) is 0. The van der Waals surface area contributed by atoms with Crippen molar-refractivity contribution in [1.29, 1.82) is 0 Å². The Kier molecular flexibility index (Phi) is 7.92. The Morgan fingerprint density at radius 2 is 2.00 bits per heavy atom. The first kappa shape index (κ1) is 18.3. The van der Waals surface area contributed by atoms with Gasteiger partial charge in [-0.3, -0.25) is 0 Å². The Morgan fingerprint density at radius 3 is 2.55 bits per heavy atom. The largest absolute Gasteiger partial charge is 0.396 e. The van der Waals surface area contributed by atoms with Gasteiger partial charge in [-0.2, -0.15) is 11.8 Å². The maximum absolute atomic E-state index is 9.13. The minimum absolute atomic E-state index is 0.316. The van der Waals surface area contributed by atoms with E-state index in [1.165, 1.54) is 25.7 Å². The lowest BCUT2D eigenvalue weighted by atomic mass is 9.68. The van der Waals surface area contributed by atoms with Crippen LogP contribution in [0.5, 0.6) is 0 Å². The fraction of sp³-hybridized carbons (Fsp3) is 1.00. The fourth-order valence-corrected chi connectivity index (χ4v) is 4.93. The number of aliphatic hydroxyl groups is 1. The van der Waals surface area contributed by atoms with Crippen LogP contribution in [0.25, 0.3) is 0 Å². The zero-order valence-corrected chi connectivity index (χ0v) is 14.9. The average molecular weight is 302 g/mol. The molecule has 2 nitrogen and oxygen atoms in total. The van der Waals surface area contributed by atoms with Crippen LogP contribution in [0.15, 0.2) is 0 Å². The lowest BCUT2D eigenvalue weighted by molar-refractivity contribution is 0.141. The molecule has 3 heteroatoms. The molecule has 120 valence electrons. The SMILES string of the molecule is CCNC1CCC(C(C)(C)CC)CC1SC(C)CCO. The number of nitrogens with one attached hydrogen (secondary N) is 1. The molecule has 0 bridgehead atoms. The first-order chi connectivity index (χ1) is 9.44. The van der Waals surface area contributed by atoms with E-state index in [-0.39, 0.29) is 0 Å². The first-order valence-corrected chi connectivity index (χ1v) is 9.38. The number of hydrogen-bond acceptors (Lipinski definition) is 3. The van der Waals surface area contributed by atoms with Gasteiger partial charge in [-0.15, -0.1) is 0 Å². The lowest BCUT2D eigenvalue weighted by Gasteiger charge is -2.43. The van der Waals surface area contributed by atoms with E-state index in [0.29, 0.717) is 28.6 Å². The van der Waals surface area contributed by atoms with Gasteiger partial charge in [0.15, 0.2) is 0 Å². The normalized spacial score (nSPS) is 29.4. The molecule has 4 unspecified atom stereocenters. The van der Waals surface area contributed by atoms with Gasteiger partial charge in [-0.25, -0.2) is 0 Å². The maximum atomic E-state index is 9.13. The maximum Gasteiger partial charge on any atom is 0.0441 e. The van der Waals surface area contributed by atoms with Crippen molar-refractivity contribution in [2.45, 2.75) is 83.3 Å². The zero-order valence-electron chi connectivity index (χ0n) is 14.1. The van der Waals surface area contributed by atoms with Crippen molar-refractivity contribution in [1.82, 2.24) is 5.32 Å². The zero-order chi connectivity index (χ0) is 15.2. The lowest BCUT2D eigenvalue weighted by Crippen LogP contribution is -2.45. The van der Waals surface area contributed by atoms with Crippen molar-refractivity contribution < 1.29 is 5.11 Å². The summed E-state index contributed by atoms with van der Waals surface area (Å²) >= 11 is 2.10. The average Bonchev–Trinajstić information content (AvgIpc) is 2.41. The molecule has 4 atom stereocenters. The van der Waals surface area contributed by atoms with Gasteiger partial charge in [0.05, 0.1) is 0 Å². The van der Waals surface area contributed by atoms with Crippen molar-refractivity contribution in [2.24, 2.45) is 11.3 Å². The van der Waals surface area contributed by atoms with Gasteiger partial charge in [0.25, 0.3) is 0 Å². The van der Waals surface area contributed by atoms with E-state index in [1.807, 2.05) is 0 Å². The third-order valence-electron chi connectivity index (χ3n) is 5.22. The molecule has 1 rings (SSSR count). The summed E-state index contributed by atoms with van der Waals surface area (Å²) in [5, 5.41) is 14.1. The highest BCUT2D eigenvalue weighted by Gasteiger charge is 2.37. The summed E-state index contributed by atoms with van der Waals surface area (Å²) in [6.45, 7) is 13.1. The molecule has 2 N–H and O–H groups in total. The molecule has 0 heterocycles. The molecule has 0 radical (unpaired) electrons. The molecule has 1 aliphatic rings. The van der Waals surface area contributed by atoms with Crippen LogP contribution >= 0.6 is 11.8 Å². The summed E-state index contributed by atoms with van der Waals surface area (Å²) in [6.07, 6.45) is 6.20. The molecule has 0 aromatic heterocycles. The van der Waals surface area contributed by atoms with Gasteiger partial charge >= 0.3 is 0 Å². The highest BCUT2D eigenvalue weighted by molar-refractivity contribution is 8.00. The molecule has 0 aromatic rings. The summed E-state index contributed by atoms with van der Waals surface area (Å²) < 4.78 is 0. The second-order valence-electron chi connectivity index (χ2n) is 7.01. The minimum Gasteiger partial charge on any atom is -0.396 e. The van der Waals surface area contributed by atoms with Crippen molar-refractivity contribution in [3.05, 3.63) is 0 Å². The van der Waals surface area contributed by atoms with Crippen LogP contribution in [0.1, 0.15) is 66.7 Å². The van der Waals surface area contributed by atoms with E-state index in [9.17, 15) is 0 Å². The van der Waals surface area contributed by atoms with Crippen molar-refractivity contribution in [3.63, 3.8) is 0 Å². The molecule has 0 aromatic carbocycles. The second-order valence-corrected chi connectivity index (χ2v) is 8.70. The smallest absolute Gasteiger partial charge is 0.0441 e. The molecule has 0 amide bonds. The van der Waals surface area contributed by atoms with Gasteiger partial charge in [0.1, 0.15) is 0 Å². The van der Waals surface area contributed by atoms with E-state index < -0.39 is 0 Å². The number of rotatable bonds is 8. The molecular formula is C17H35NOS. The van der Waals surface area contributed by atoms with Crippen LogP contribution in [0.2, 0.25) is 0 Å². The fourth-order valence-electron chi connectivity index (χ4n) is 3.32. The van der Waals surface area contributed by atoms with Crippen molar-refractivity contribution in [3.8, 4) is 0 Å². The molecule has 0 spiro atoms. The van der Waals surface area contributed by atoms with Crippen LogP contribution < -0.4 is 5.32 Å². The van der Waals surface area contributed by atoms with Crippen molar-refractivity contribution in [2.75, 3.05) is 13.2 Å². The Hall–Kier alpha value is 0.270. The van der Waals surface area contributed by atoms with Crippen LogP contribution in [-0.4, -0.2) is 34.8 Å². The second kappa shape index (κ2) is 8.65. The van der Waals surface area contributed by atoms with E-state index in [2.05, 4.69) is 51.7 Å². The quantitative estimate of drug-likeness (QED) is 0.709. The highest BCUT2D eigenvalue weighted by atomic mass is 32.2. The Bertz CT molecular complexity index is 270. The predicted molar refractivity (Wildman–Crippen MR) is 91.4 cm³/mol. The summed E-state index contributed by atoms with van der Waals surface area (Å²) in [5.41, 5.74) is 0.468. The van der Waals surface area contributed by atoms with E-state index in [4.69, 9.17) is 5.11 Å². The number of hydrogen-bond donors (Lipinski definition) is 2. The standard InChI is InChI=1S/C17H35NOS/c1-6-17(4,5)14-8-9-15(18-7-2)16(12-14)20-13(3)10-11-19/h13-16,18-19H,6-12H2,1-5H3. The summed E-state index contributed by atoms with van der Waals surface area (Å²) in [4.78, 5) is 0. The van der Waals surface area contributed by atoms with Gasteiger partial charge in [-0.05, 0) is 43.6 Å². The molecule has 20 heavy (non-hydrogen) atoms. The Morgan fingerprint density at radius 1 is 1.30 bits per heavy atom. The Labute approximate surface area is 130 Å². The van der Waals surface area contributed by atoms with Gasteiger partial charge in [0.2, 0.25) is 0 Å². The first-order valence-electron chi connectivity index (χ1n) is 8.44. The molecule has 1 aliphatic carbocycles. The third-order valence-corrected chi connectivity index (χ3v) is 6.79. The highest BCUT2D eigenvalue weighted by Crippen LogP contribution is 2.44. The molecule has 0 aliphatic heterocycles. The van der Waals surface area contributed by atoms with Crippen molar-refractivity contribution >= 4 is 11.8 Å². The third kappa shape index (κ3) is 5.23. The summed E-state index contributed by atoms with van der Waals surface area (Å²) in [6, 6.07) is 0.662. The topological polar surface area (TPSA) is 32.3 Å². The molecule has 1 fully saturated rings. The monoisotopic (exact) mass is 301 g/mol. The number of thioether (sulfide) groups is 1. The molecule has 0 saturated heterocycles. The molecular weight excluding hydrogens is 266 g/mol. The van der Waals surface area contributed by atoms with Gasteiger partial charge in [0, 0.05) is 23.1 Å². The minimum atomic E-state index is 0.316. The van der Waals surface area contributed by atoms with E-state index in [0.717, 1.165) is 18.9 Å². The van der Waals surface area contributed by atoms with Gasteiger partial charge in [-0.1, -0.05) is 41.0 Å². The molecule has 1 saturated carbocycles. The van der Waals surface area contributed by atoms with E-state index >= 15 is 0 Å².